The molecule has 0 aliphatic carbocycles. The van der Waals surface area contributed by atoms with Gasteiger partial charge in [0.1, 0.15) is 16.1 Å². The molecule has 0 aliphatic heterocycles. The average molecular weight is 512 g/mol. The molecule has 0 bridgehead atoms. The Balaban J connectivity index is 1.43. The molecule has 0 N–H and O–H groups in total. The van der Waals surface area contributed by atoms with Crippen LogP contribution in [0.1, 0.15) is 23.0 Å². The third-order valence-corrected chi connectivity index (χ3v) is 6.44. The highest BCUT2D eigenvalue weighted by Crippen LogP contribution is 2.28. The first kappa shape index (κ1) is 22.3. The molecule has 7 nitrogen and oxygen atoms in total. The molecule has 2 aromatic carbocycles. The summed E-state index contributed by atoms with van der Waals surface area (Å²) in [6.07, 6.45) is 1.65. The molecule has 0 amide bonds. The first-order valence-electron chi connectivity index (χ1n) is 10.2. The molecule has 3 heterocycles. The largest absolute Gasteiger partial charge is 0.462 e. The van der Waals surface area contributed by atoms with Crippen molar-refractivity contribution in [3.63, 3.8) is 0 Å². The number of fused-ring (bicyclic) bond motifs is 1. The summed E-state index contributed by atoms with van der Waals surface area (Å²) >= 11 is 13.4. The highest BCUT2D eigenvalue weighted by Gasteiger charge is 2.15. The summed E-state index contributed by atoms with van der Waals surface area (Å²) in [5, 5.41) is 5.22. The average Bonchev–Trinajstić information content (AvgIpc) is 3.52. The molecular formula is C24H15Cl2N3O4S. The fourth-order valence-electron chi connectivity index (χ4n) is 3.32. The van der Waals surface area contributed by atoms with Crippen LogP contribution in [0, 0.1) is 0 Å². The third kappa shape index (κ3) is 4.23. The fourth-order valence-corrected chi connectivity index (χ4v) is 4.70. The zero-order valence-corrected chi connectivity index (χ0v) is 19.9. The zero-order valence-electron chi connectivity index (χ0n) is 17.6. The van der Waals surface area contributed by atoms with E-state index in [0.717, 1.165) is 5.56 Å². The maximum absolute atomic E-state index is 12.8. The van der Waals surface area contributed by atoms with Crippen molar-refractivity contribution in [1.29, 1.82) is 0 Å². The van der Waals surface area contributed by atoms with E-state index in [2.05, 4.69) is 10.1 Å². The molecule has 5 aromatic rings. The fraction of sp³-hybridized carbons (Fsp3) is 0.0833. The predicted octanol–water partition coefficient (Wildman–Crippen LogP) is 5.11. The second-order valence-electron chi connectivity index (χ2n) is 7.17. The van der Waals surface area contributed by atoms with Gasteiger partial charge in [-0.1, -0.05) is 46.7 Å². The second kappa shape index (κ2) is 9.06. The van der Waals surface area contributed by atoms with E-state index in [0.29, 0.717) is 54.6 Å². The number of rotatable bonds is 5. The standard InChI is InChI=1S/C24H15Cl2N3O4S/c1-2-32-23(31)14-5-3-13(4-6-14)19-10-8-16(33-19)12-20-22(30)29-24(34-20)27-21(28-29)17-9-7-15(25)11-18(17)26/h3-12H,2H2,1H3. The van der Waals surface area contributed by atoms with Crippen molar-refractivity contribution in [2.75, 3.05) is 6.61 Å². The third-order valence-electron chi connectivity index (χ3n) is 4.93. The van der Waals surface area contributed by atoms with E-state index in [9.17, 15) is 9.59 Å². The van der Waals surface area contributed by atoms with Crippen LogP contribution < -0.4 is 10.1 Å². The van der Waals surface area contributed by atoms with Gasteiger partial charge in [-0.3, -0.25) is 4.79 Å². The Morgan fingerprint density at radius 1 is 1.15 bits per heavy atom. The lowest BCUT2D eigenvalue weighted by Crippen LogP contribution is -2.23. The van der Waals surface area contributed by atoms with Gasteiger partial charge in [-0.05, 0) is 49.4 Å². The second-order valence-corrected chi connectivity index (χ2v) is 9.02. The molecule has 34 heavy (non-hydrogen) atoms. The van der Waals surface area contributed by atoms with Crippen molar-refractivity contribution in [3.8, 4) is 22.7 Å². The lowest BCUT2D eigenvalue weighted by molar-refractivity contribution is 0.0526. The maximum atomic E-state index is 12.8. The van der Waals surface area contributed by atoms with E-state index in [4.69, 9.17) is 32.4 Å². The monoisotopic (exact) mass is 511 g/mol. The molecule has 3 aromatic heterocycles. The van der Waals surface area contributed by atoms with Crippen molar-refractivity contribution < 1.29 is 13.9 Å². The Bertz CT molecular complexity index is 1640. The summed E-state index contributed by atoms with van der Waals surface area (Å²) in [7, 11) is 0. The molecule has 0 atom stereocenters. The van der Waals surface area contributed by atoms with Crippen LogP contribution in [0.15, 0.2) is 63.8 Å². The van der Waals surface area contributed by atoms with E-state index in [-0.39, 0.29) is 11.5 Å². The molecule has 0 fully saturated rings. The quantitative estimate of drug-likeness (QED) is 0.304. The number of hydrogen-bond donors (Lipinski definition) is 0. The van der Waals surface area contributed by atoms with E-state index in [1.165, 1.54) is 15.9 Å². The van der Waals surface area contributed by atoms with Crippen LogP contribution in [0.3, 0.4) is 0 Å². The van der Waals surface area contributed by atoms with Crippen molar-refractivity contribution in [1.82, 2.24) is 14.6 Å². The van der Waals surface area contributed by atoms with Crippen LogP contribution in [-0.2, 0) is 4.74 Å². The van der Waals surface area contributed by atoms with Gasteiger partial charge in [0.05, 0.1) is 17.2 Å². The number of benzene rings is 2. The number of furan rings is 1. The normalized spacial score (nSPS) is 11.9. The van der Waals surface area contributed by atoms with Gasteiger partial charge in [-0.25, -0.2) is 4.79 Å². The highest BCUT2D eigenvalue weighted by atomic mass is 35.5. The number of carbonyl (C=O) groups is 1. The van der Waals surface area contributed by atoms with Gasteiger partial charge in [0.25, 0.3) is 5.56 Å². The summed E-state index contributed by atoms with van der Waals surface area (Å²) < 4.78 is 12.6. The van der Waals surface area contributed by atoms with Crippen LogP contribution in [0.2, 0.25) is 10.0 Å². The summed E-state index contributed by atoms with van der Waals surface area (Å²) in [6.45, 7) is 2.08. The van der Waals surface area contributed by atoms with Crippen LogP contribution in [0.25, 0.3) is 33.7 Å². The number of esters is 1. The Hall–Kier alpha value is -3.46. The molecule has 170 valence electrons. The summed E-state index contributed by atoms with van der Waals surface area (Å²) in [5.74, 6) is 1.09. The first-order valence-corrected chi connectivity index (χ1v) is 11.7. The summed E-state index contributed by atoms with van der Waals surface area (Å²) in [6, 6.07) is 15.5. The van der Waals surface area contributed by atoms with Gasteiger partial charge in [-0.15, -0.1) is 5.10 Å². The minimum atomic E-state index is -0.372. The number of carbonyl (C=O) groups excluding carboxylic acids is 1. The zero-order chi connectivity index (χ0) is 23.8. The molecule has 0 aliphatic rings. The Kier molecular flexibility index (Phi) is 5.95. The molecule has 0 saturated heterocycles. The topological polar surface area (TPSA) is 86.7 Å². The Labute approximate surface area is 206 Å². The van der Waals surface area contributed by atoms with Crippen molar-refractivity contribution in [3.05, 3.63) is 90.9 Å². The van der Waals surface area contributed by atoms with Crippen molar-refractivity contribution in [2.24, 2.45) is 0 Å². The number of hydrogen-bond acceptors (Lipinski definition) is 7. The van der Waals surface area contributed by atoms with Gasteiger partial charge >= 0.3 is 5.97 Å². The number of halogens is 2. The minimum absolute atomic E-state index is 0.305. The first-order chi connectivity index (χ1) is 16.4. The Morgan fingerprint density at radius 2 is 1.94 bits per heavy atom. The number of ether oxygens (including phenoxy) is 1. The van der Waals surface area contributed by atoms with Crippen LogP contribution in [0.4, 0.5) is 0 Å². The molecule has 5 rings (SSSR count). The molecule has 0 saturated carbocycles. The molecule has 0 spiro atoms. The molecule has 10 heteroatoms. The van der Waals surface area contributed by atoms with Gasteiger partial charge in [0, 0.05) is 22.2 Å². The molecule has 0 radical (unpaired) electrons. The predicted molar refractivity (Wildman–Crippen MR) is 131 cm³/mol. The minimum Gasteiger partial charge on any atom is -0.462 e. The highest BCUT2D eigenvalue weighted by molar-refractivity contribution is 7.15. The van der Waals surface area contributed by atoms with Crippen molar-refractivity contribution in [2.45, 2.75) is 6.92 Å². The van der Waals surface area contributed by atoms with Gasteiger partial charge in [-0.2, -0.15) is 9.50 Å². The number of aromatic nitrogens is 3. The van der Waals surface area contributed by atoms with E-state index < -0.39 is 0 Å². The maximum Gasteiger partial charge on any atom is 0.338 e. The summed E-state index contributed by atoms with van der Waals surface area (Å²) in [5.41, 5.74) is 1.55. The summed E-state index contributed by atoms with van der Waals surface area (Å²) in [4.78, 5) is 29.5. The van der Waals surface area contributed by atoms with E-state index >= 15 is 0 Å². The van der Waals surface area contributed by atoms with E-state index in [1.807, 2.05) is 0 Å². The van der Waals surface area contributed by atoms with Crippen LogP contribution >= 0.6 is 34.5 Å². The lowest BCUT2D eigenvalue weighted by atomic mass is 10.1. The SMILES string of the molecule is CCOC(=O)c1ccc(-c2ccc(C=c3sc4nc(-c5ccc(Cl)cc5Cl)nn4c3=O)o2)cc1. The number of thiazole rings is 1. The van der Waals surface area contributed by atoms with Crippen LogP contribution in [0.5, 0.6) is 0 Å². The molecular weight excluding hydrogens is 497 g/mol. The molecule has 0 unspecified atom stereocenters. The van der Waals surface area contributed by atoms with E-state index in [1.54, 1.807) is 67.6 Å². The number of nitrogens with zero attached hydrogens (tertiary/aromatic N) is 3. The smallest absolute Gasteiger partial charge is 0.338 e. The van der Waals surface area contributed by atoms with Crippen molar-refractivity contribution >= 4 is 51.5 Å². The van der Waals surface area contributed by atoms with Gasteiger partial charge in [0.15, 0.2) is 5.82 Å². The van der Waals surface area contributed by atoms with Gasteiger partial charge in [0.2, 0.25) is 4.96 Å². The lowest BCUT2D eigenvalue weighted by Gasteiger charge is -2.02. The van der Waals surface area contributed by atoms with Gasteiger partial charge < -0.3 is 9.15 Å². The van der Waals surface area contributed by atoms with Crippen LogP contribution in [-0.4, -0.2) is 27.2 Å². The Morgan fingerprint density at radius 3 is 2.65 bits per heavy atom.